The number of hydrogen-bond acceptors (Lipinski definition) is 2. The number of benzene rings is 1. The van der Waals surface area contributed by atoms with Crippen molar-refractivity contribution in [2.75, 3.05) is 11.9 Å². The Morgan fingerprint density at radius 2 is 2.00 bits per heavy atom. The Hall–Kier alpha value is -1.35. The van der Waals surface area contributed by atoms with E-state index in [0.29, 0.717) is 17.9 Å². The molecule has 2 N–H and O–H groups in total. The van der Waals surface area contributed by atoms with Gasteiger partial charge in [0.1, 0.15) is 0 Å². The van der Waals surface area contributed by atoms with Crippen LogP contribution in [0.5, 0.6) is 0 Å². The van der Waals surface area contributed by atoms with Gasteiger partial charge in [0.2, 0.25) is 5.91 Å². The van der Waals surface area contributed by atoms with E-state index in [1.54, 1.807) is 0 Å². The molecule has 21 heavy (non-hydrogen) atoms. The molecule has 2 saturated carbocycles. The zero-order chi connectivity index (χ0) is 14.8. The van der Waals surface area contributed by atoms with E-state index in [1.807, 2.05) is 12.1 Å². The molecule has 3 atom stereocenters. The minimum atomic E-state index is 0.236. The molecule has 2 fully saturated rings. The van der Waals surface area contributed by atoms with Gasteiger partial charge in [-0.2, -0.15) is 0 Å². The second-order valence-electron chi connectivity index (χ2n) is 6.53. The van der Waals surface area contributed by atoms with Gasteiger partial charge in [0.25, 0.3) is 0 Å². The van der Waals surface area contributed by atoms with Crippen molar-refractivity contribution in [2.45, 2.75) is 45.6 Å². The van der Waals surface area contributed by atoms with Crippen LogP contribution < -0.4 is 10.6 Å². The monoisotopic (exact) mass is 286 g/mol. The second kappa shape index (κ2) is 6.18. The first-order chi connectivity index (χ1) is 10.2. The van der Waals surface area contributed by atoms with Crippen molar-refractivity contribution in [1.29, 1.82) is 0 Å². The maximum absolute atomic E-state index is 12.4. The Morgan fingerprint density at radius 3 is 2.67 bits per heavy atom. The van der Waals surface area contributed by atoms with E-state index in [4.69, 9.17) is 0 Å². The standard InChI is InChI=1S/C18H26N2O/c1-3-19-12(2)13-7-6-8-14(11-13)20-18(21)17-15-9-4-5-10-16(15)17/h6-8,11-12,15-17,19H,3-5,9-10H2,1-2H3,(H,20,21). The topological polar surface area (TPSA) is 41.1 Å². The van der Waals surface area contributed by atoms with Gasteiger partial charge < -0.3 is 10.6 Å². The molecule has 0 bridgehead atoms. The average Bonchev–Trinajstić information content (AvgIpc) is 3.22. The molecule has 2 aliphatic carbocycles. The van der Waals surface area contributed by atoms with Crippen molar-refractivity contribution in [3.63, 3.8) is 0 Å². The van der Waals surface area contributed by atoms with Crippen LogP contribution in [-0.2, 0) is 4.79 Å². The maximum Gasteiger partial charge on any atom is 0.228 e. The van der Waals surface area contributed by atoms with E-state index >= 15 is 0 Å². The lowest BCUT2D eigenvalue weighted by Gasteiger charge is -2.14. The van der Waals surface area contributed by atoms with Gasteiger partial charge in [-0.15, -0.1) is 0 Å². The third kappa shape index (κ3) is 3.13. The van der Waals surface area contributed by atoms with Gasteiger partial charge in [-0.1, -0.05) is 31.9 Å². The number of anilines is 1. The number of carbonyl (C=O) groups is 1. The average molecular weight is 286 g/mol. The normalized spacial score (nSPS) is 28.6. The van der Waals surface area contributed by atoms with Crippen LogP contribution >= 0.6 is 0 Å². The molecule has 3 heteroatoms. The van der Waals surface area contributed by atoms with Gasteiger partial charge in [0.05, 0.1) is 0 Å². The Balaban J connectivity index is 1.62. The van der Waals surface area contributed by atoms with Gasteiger partial charge in [0.15, 0.2) is 0 Å². The van der Waals surface area contributed by atoms with Crippen molar-refractivity contribution in [1.82, 2.24) is 5.32 Å². The summed E-state index contributed by atoms with van der Waals surface area (Å²) in [5, 5.41) is 6.54. The van der Waals surface area contributed by atoms with E-state index in [0.717, 1.165) is 12.2 Å². The van der Waals surface area contributed by atoms with E-state index in [2.05, 4.69) is 36.6 Å². The first-order valence-electron chi connectivity index (χ1n) is 8.35. The minimum Gasteiger partial charge on any atom is -0.326 e. The highest BCUT2D eigenvalue weighted by Gasteiger charge is 2.54. The molecule has 1 aromatic rings. The van der Waals surface area contributed by atoms with Crippen molar-refractivity contribution >= 4 is 11.6 Å². The quantitative estimate of drug-likeness (QED) is 0.866. The van der Waals surface area contributed by atoms with Crippen molar-refractivity contribution in [2.24, 2.45) is 17.8 Å². The van der Waals surface area contributed by atoms with E-state index in [1.165, 1.54) is 31.2 Å². The highest BCUT2D eigenvalue weighted by atomic mass is 16.2. The molecular formula is C18H26N2O. The lowest BCUT2D eigenvalue weighted by molar-refractivity contribution is -0.117. The SMILES string of the molecule is CCNC(C)c1cccc(NC(=O)C2C3CCCCC32)c1. The molecular weight excluding hydrogens is 260 g/mol. The molecule has 0 radical (unpaired) electrons. The first kappa shape index (κ1) is 14.6. The van der Waals surface area contributed by atoms with Crippen LogP contribution in [-0.4, -0.2) is 12.5 Å². The summed E-state index contributed by atoms with van der Waals surface area (Å²) in [5.41, 5.74) is 2.16. The lowest BCUT2D eigenvalue weighted by atomic mass is 10.0. The number of hydrogen-bond donors (Lipinski definition) is 2. The number of fused-ring (bicyclic) bond motifs is 1. The fourth-order valence-corrected chi connectivity index (χ4v) is 3.92. The third-order valence-corrected chi connectivity index (χ3v) is 5.12. The number of amides is 1. The largest absolute Gasteiger partial charge is 0.326 e. The predicted molar refractivity (Wildman–Crippen MR) is 86.1 cm³/mol. The predicted octanol–water partition coefficient (Wildman–Crippen LogP) is 3.73. The molecule has 0 heterocycles. The first-order valence-corrected chi connectivity index (χ1v) is 8.35. The third-order valence-electron chi connectivity index (χ3n) is 5.12. The fraction of sp³-hybridized carbons (Fsp3) is 0.611. The van der Waals surface area contributed by atoms with Crippen LogP contribution in [0.3, 0.4) is 0 Å². The summed E-state index contributed by atoms with van der Waals surface area (Å²) in [5.74, 6) is 1.85. The Morgan fingerprint density at radius 1 is 1.29 bits per heavy atom. The molecule has 0 spiro atoms. The van der Waals surface area contributed by atoms with Crippen molar-refractivity contribution in [3.8, 4) is 0 Å². The van der Waals surface area contributed by atoms with Crippen LogP contribution in [0.1, 0.15) is 51.1 Å². The maximum atomic E-state index is 12.4. The zero-order valence-corrected chi connectivity index (χ0v) is 13.1. The fourth-order valence-electron chi connectivity index (χ4n) is 3.92. The van der Waals surface area contributed by atoms with E-state index in [9.17, 15) is 4.79 Å². The molecule has 0 saturated heterocycles. The summed E-state index contributed by atoms with van der Waals surface area (Å²) in [4.78, 5) is 12.4. The number of carbonyl (C=O) groups excluding carboxylic acids is 1. The van der Waals surface area contributed by atoms with Crippen LogP contribution in [0, 0.1) is 17.8 Å². The summed E-state index contributed by atoms with van der Waals surface area (Å²) in [6.45, 7) is 5.21. The van der Waals surface area contributed by atoms with E-state index in [-0.39, 0.29) is 11.8 Å². The summed E-state index contributed by atoms with van der Waals surface area (Å²) in [6.07, 6.45) is 5.11. The second-order valence-corrected chi connectivity index (χ2v) is 6.53. The van der Waals surface area contributed by atoms with Crippen LogP contribution in [0.2, 0.25) is 0 Å². The molecule has 2 aliphatic rings. The minimum absolute atomic E-state index is 0.236. The molecule has 1 aromatic carbocycles. The Kier molecular flexibility index (Phi) is 4.29. The van der Waals surface area contributed by atoms with Crippen molar-refractivity contribution in [3.05, 3.63) is 29.8 Å². The summed E-state index contributed by atoms with van der Waals surface area (Å²) in [7, 11) is 0. The van der Waals surface area contributed by atoms with E-state index < -0.39 is 0 Å². The van der Waals surface area contributed by atoms with Crippen LogP contribution in [0.15, 0.2) is 24.3 Å². The molecule has 3 nitrogen and oxygen atoms in total. The molecule has 3 unspecified atom stereocenters. The Labute approximate surface area is 127 Å². The zero-order valence-electron chi connectivity index (χ0n) is 13.1. The summed E-state index contributed by atoms with van der Waals surface area (Å²) in [6, 6.07) is 8.54. The molecule has 114 valence electrons. The van der Waals surface area contributed by atoms with Gasteiger partial charge in [-0.25, -0.2) is 0 Å². The lowest BCUT2D eigenvalue weighted by Crippen LogP contribution is -2.19. The van der Waals surface area contributed by atoms with Gasteiger partial charge in [-0.3, -0.25) is 4.79 Å². The highest BCUT2D eigenvalue weighted by molar-refractivity contribution is 5.95. The molecule has 3 rings (SSSR count). The van der Waals surface area contributed by atoms with Crippen molar-refractivity contribution < 1.29 is 4.79 Å². The molecule has 0 aliphatic heterocycles. The number of nitrogens with one attached hydrogen (secondary N) is 2. The van der Waals surface area contributed by atoms with Crippen LogP contribution in [0.25, 0.3) is 0 Å². The molecule has 0 aromatic heterocycles. The van der Waals surface area contributed by atoms with Gasteiger partial charge in [0, 0.05) is 17.6 Å². The molecule has 1 amide bonds. The summed E-state index contributed by atoms with van der Waals surface area (Å²) >= 11 is 0. The van der Waals surface area contributed by atoms with Crippen LogP contribution in [0.4, 0.5) is 5.69 Å². The van der Waals surface area contributed by atoms with Gasteiger partial charge >= 0.3 is 0 Å². The van der Waals surface area contributed by atoms with Gasteiger partial charge in [-0.05, 0) is 55.8 Å². The highest BCUT2D eigenvalue weighted by Crippen LogP contribution is 2.55. The smallest absolute Gasteiger partial charge is 0.228 e. The number of rotatable bonds is 5. The summed E-state index contributed by atoms with van der Waals surface area (Å²) < 4.78 is 0. The Bertz CT molecular complexity index is 502.